The molecule has 0 aliphatic heterocycles. The van der Waals surface area contributed by atoms with E-state index in [-0.39, 0.29) is 0 Å². The summed E-state index contributed by atoms with van der Waals surface area (Å²) in [6.07, 6.45) is 6.73. The fraction of sp³-hybridized carbons (Fsp3) is 1.00. The van der Waals surface area contributed by atoms with Crippen molar-refractivity contribution in [1.29, 1.82) is 0 Å². The molecule has 1 saturated carbocycles. The molecule has 0 heterocycles. The number of nitrogens with two attached hydrogens (primary N) is 1. The third kappa shape index (κ3) is 4.12. The van der Waals surface area contributed by atoms with Crippen molar-refractivity contribution in [3.05, 3.63) is 0 Å². The summed E-state index contributed by atoms with van der Waals surface area (Å²) in [5, 5.41) is 3.64. The van der Waals surface area contributed by atoms with Crippen LogP contribution in [0.1, 0.15) is 46.0 Å². The monoisotopic (exact) mass is 212 g/mol. The molecule has 15 heavy (non-hydrogen) atoms. The van der Waals surface area contributed by atoms with Crippen LogP contribution in [0.3, 0.4) is 0 Å². The van der Waals surface area contributed by atoms with Gasteiger partial charge in [0, 0.05) is 0 Å². The molecule has 1 aliphatic carbocycles. The van der Waals surface area contributed by atoms with Crippen molar-refractivity contribution in [2.45, 2.75) is 46.0 Å². The molecule has 1 fully saturated rings. The topological polar surface area (TPSA) is 38.0 Å². The molecule has 0 radical (unpaired) electrons. The normalized spacial score (nSPS) is 26.4. The van der Waals surface area contributed by atoms with Gasteiger partial charge in [-0.15, -0.1) is 0 Å². The van der Waals surface area contributed by atoms with E-state index in [1.807, 2.05) is 0 Å². The predicted molar refractivity (Wildman–Crippen MR) is 66.8 cm³/mol. The molecule has 0 aromatic rings. The Kier molecular flexibility index (Phi) is 6.26. The second-order valence-corrected chi connectivity index (χ2v) is 5.03. The van der Waals surface area contributed by atoms with Crippen LogP contribution in [-0.4, -0.2) is 19.6 Å². The molecule has 0 amide bonds. The van der Waals surface area contributed by atoms with Crippen LogP contribution in [0.5, 0.6) is 0 Å². The molecule has 1 aliphatic rings. The van der Waals surface area contributed by atoms with Gasteiger partial charge in [-0.25, -0.2) is 0 Å². The largest absolute Gasteiger partial charge is 0.330 e. The maximum Gasteiger partial charge on any atom is -0.00173 e. The highest BCUT2D eigenvalue weighted by atomic mass is 14.9. The van der Waals surface area contributed by atoms with Gasteiger partial charge in [-0.2, -0.15) is 0 Å². The number of hydrogen-bond donors (Lipinski definition) is 2. The second kappa shape index (κ2) is 7.24. The van der Waals surface area contributed by atoms with Crippen molar-refractivity contribution in [2.75, 3.05) is 19.6 Å². The Morgan fingerprint density at radius 2 is 1.87 bits per heavy atom. The first-order chi connectivity index (χ1) is 7.31. The first kappa shape index (κ1) is 13.0. The van der Waals surface area contributed by atoms with Crippen molar-refractivity contribution >= 4 is 0 Å². The standard InChI is InChI=1S/C13H28N2/c1-3-11(4-2)9-15-10-13-7-5-6-12(13)8-14/h11-13,15H,3-10,14H2,1-2H3. The SMILES string of the molecule is CCC(CC)CNCC1CCCC1CN. The molecule has 0 bridgehead atoms. The smallest absolute Gasteiger partial charge is 0.00173 e. The summed E-state index contributed by atoms with van der Waals surface area (Å²) in [4.78, 5) is 0. The van der Waals surface area contributed by atoms with Gasteiger partial charge < -0.3 is 11.1 Å². The van der Waals surface area contributed by atoms with Crippen LogP contribution in [0.25, 0.3) is 0 Å². The van der Waals surface area contributed by atoms with Gasteiger partial charge in [-0.05, 0) is 50.2 Å². The lowest BCUT2D eigenvalue weighted by Gasteiger charge is -2.20. The third-order valence-electron chi connectivity index (χ3n) is 4.11. The summed E-state index contributed by atoms with van der Waals surface area (Å²) in [5.41, 5.74) is 5.78. The summed E-state index contributed by atoms with van der Waals surface area (Å²) in [6, 6.07) is 0. The summed E-state index contributed by atoms with van der Waals surface area (Å²) in [6.45, 7) is 7.85. The molecule has 1 rings (SSSR count). The van der Waals surface area contributed by atoms with Gasteiger partial charge >= 0.3 is 0 Å². The van der Waals surface area contributed by atoms with Crippen LogP contribution in [0.2, 0.25) is 0 Å². The summed E-state index contributed by atoms with van der Waals surface area (Å²) < 4.78 is 0. The molecule has 90 valence electrons. The molecule has 3 N–H and O–H groups in total. The van der Waals surface area contributed by atoms with E-state index < -0.39 is 0 Å². The van der Waals surface area contributed by atoms with Crippen molar-refractivity contribution in [2.24, 2.45) is 23.5 Å². The zero-order chi connectivity index (χ0) is 11.1. The van der Waals surface area contributed by atoms with Gasteiger partial charge in [0.25, 0.3) is 0 Å². The summed E-state index contributed by atoms with van der Waals surface area (Å²) in [7, 11) is 0. The lowest BCUT2D eigenvalue weighted by Crippen LogP contribution is -2.31. The molecule has 0 aromatic heterocycles. The van der Waals surface area contributed by atoms with Gasteiger partial charge in [-0.3, -0.25) is 0 Å². The summed E-state index contributed by atoms with van der Waals surface area (Å²) in [5.74, 6) is 2.51. The molecule has 0 saturated heterocycles. The molecule has 0 aromatic carbocycles. The van der Waals surface area contributed by atoms with Gasteiger partial charge in [-0.1, -0.05) is 33.1 Å². The van der Waals surface area contributed by atoms with E-state index in [1.54, 1.807) is 0 Å². The van der Waals surface area contributed by atoms with Crippen LogP contribution >= 0.6 is 0 Å². The Balaban J connectivity index is 2.13. The zero-order valence-corrected chi connectivity index (χ0v) is 10.5. The molecule has 0 spiro atoms. The Morgan fingerprint density at radius 3 is 2.47 bits per heavy atom. The minimum atomic E-state index is 0.791. The quantitative estimate of drug-likeness (QED) is 0.680. The van der Waals surface area contributed by atoms with E-state index in [0.29, 0.717) is 0 Å². The Morgan fingerprint density at radius 1 is 1.20 bits per heavy atom. The van der Waals surface area contributed by atoms with E-state index in [9.17, 15) is 0 Å². The first-order valence-electron chi connectivity index (χ1n) is 6.72. The Hall–Kier alpha value is -0.0800. The van der Waals surface area contributed by atoms with Crippen LogP contribution in [-0.2, 0) is 0 Å². The van der Waals surface area contributed by atoms with E-state index in [1.165, 1.54) is 45.2 Å². The van der Waals surface area contributed by atoms with Crippen molar-refractivity contribution in [3.8, 4) is 0 Å². The fourth-order valence-corrected chi connectivity index (χ4v) is 2.74. The Bertz CT molecular complexity index is 155. The summed E-state index contributed by atoms with van der Waals surface area (Å²) >= 11 is 0. The average Bonchev–Trinajstić information content (AvgIpc) is 2.72. The van der Waals surface area contributed by atoms with Crippen molar-refractivity contribution in [1.82, 2.24) is 5.32 Å². The Labute approximate surface area is 95.0 Å². The van der Waals surface area contributed by atoms with E-state index in [0.717, 1.165) is 24.3 Å². The highest BCUT2D eigenvalue weighted by molar-refractivity contribution is 4.79. The zero-order valence-electron chi connectivity index (χ0n) is 10.5. The van der Waals surface area contributed by atoms with Gasteiger partial charge in [0.2, 0.25) is 0 Å². The number of hydrogen-bond acceptors (Lipinski definition) is 2. The minimum absolute atomic E-state index is 0.791. The van der Waals surface area contributed by atoms with Crippen molar-refractivity contribution < 1.29 is 0 Å². The molecule has 2 unspecified atom stereocenters. The van der Waals surface area contributed by atoms with Crippen LogP contribution in [0, 0.1) is 17.8 Å². The third-order valence-corrected chi connectivity index (χ3v) is 4.11. The minimum Gasteiger partial charge on any atom is -0.330 e. The van der Waals surface area contributed by atoms with Crippen LogP contribution < -0.4 is 11.1 Å². The molecular weight excluding hydrogens is 184 g/mol. The average molecular weight is 212 g/mol. The molecule has 2 nitrogen and oxygen atoms in total. The lowest BCUT2D eigenvalue weighted by molar-refractivity contribution is 0.353. The fourth-order valence-electron chi connectivity index (χ4n) is 2.74. The molecule has 2 atom stereocenters. The molecule has 2 heteroatoms. The van der Waals surface area contributed by atoms with Crippen LogP contribution in [0.15, 0.2) is 0 Å². The van der Waals surface area contributed by atoms with E-state index >= 15 is 0 Å². The number of rotatable bonds is 7. The lowest BCUT2D eigenvalue weighted by atomic mass is 9.95. The highest BCUT2D eigenvalue weighted by Crippen LogP contribution is 2.30. The van der Waals surface area contributed by atoms with Gasteiger partial charge in [0.05, 0.1) is 0 Å². The van der Waals surface area contributed by atoms with Gasteiger partial charge in [0.15, 0.2) is 0 Å². The number of nitrogens with one attached hydrogen (secondary N) is 1. The molecular formula is C13H28N2. The van der Waals surface area contributed by atoms with E-state index in [4.69, 9.17) is 5.73 Å². The van der Waals surface area contributed by atoms with Crippen LogP contribution in [0.4, 0.5) is 0 Å². The maximum atomic E-state index is 5.78. The second-order valence-electron chi connectivity index (χ2n) is 5.03. The van der Waals surface area contributed by atoms with Crippen molar-refractivity contribution in [3.63, 3.8) is 0 Å². The highest BCUT2D eigenvalue weighted by Gasteiger charge is 2.25. The van der Waals surface area contributed by atoms with E-state index in [2.05, 4.69) is 19.2 Å². The van der Waals surface area contributed by atoms with Gasteiger partial charge in [0.1, 0.15) is 0 Å². The predicted octanol–water partition coefficient (Wildman–Crippen LogP) is 2.39. The maximum absolute atomic E-state index is 5.78. The first-order valence-corrected chi connectivity index (χ1v) is 6.72.